The van der Waals surface area contributed by atoms with Crippen LogP contribution in [-0.2, 0) is 15.4 Å². The molecular formula is C24H25FN2O2S. The summed E-state index contributed by atoms with van der Waals surface area (Å²) in [5.74, 6) is 0. The van der Waals surface area contributed by atoms with E-state index in [-0.39, 0.29) is 26.6 Å². The molecule has 0 aliphatic carbocycles. The number of hydrogen-bond acceptors (Lipinski definition) is 3. The Morgan fingerprint density at radius 2 is 1.67 bits per heavy atom. The predicted molar refractivity (Wildman–Crippen MR) is 119 cm³/mol. The topological polar surface area (TPSA) is 49.4 Å². The fraction of sp³-hybridized carbons (Fsp3) is 0.250. The Bertz CT molecular complexity index is 1180. The van der Waals surface area contributed by atoms with E-state index in [2.05, 4.69) is 32.2 Å². The molecule has 0 fully saturated rings. The Balaban J connectivity index is 1.75. The molecule has 3 aromatic rings. The molecule has 4 rings (SSSR count). The van der Waals surface area contributed by atoms with E-state index in [0.717, 1.165) is 5.69 Å². The van der Waals surface area contributed by atoms with Crippen LogP contribution in [0.2, 0.25) is 0 Å². The van der Waals surface area contributed by atoms with E-state index < -0.39 is 10.0 Å². The van der Waals surface area contributed by atoms with Crippen molar-refractivity contribution < 1.29 is 12.9 Å². The third-order valence-electron chi connectivity index (χ3n) is 5.70. The summed E-state index contributed by atoms with van der Waals surface area (Å²) >= 11 is 0. The first-order valence-electron chi connectivity index (χ1n) is 9.93. The number of fused-ring (bicyclic) bond motifs is 1. The summed E-state index contributed by atoms with van der Waals surface area (Å²) in [6.07, 6.45) is 0.708. The Labute approximate surface area is 177 Å². The molecule has 1 aliphatic heterocycles. The molecule has 0 spiro atoms. The van der Waals surface area contributed by atoms with Crippen molar-refractivity contribution in [2.75, 3.05) is 9.84 Å². The predicted octanol–water partition coefficient (Wildman–Crippen LogP) is 5.91. The van der Waals surface area contributed by atoms with Crippen molar-refractivity contribution in [2.45, 2.75) is 43.5 Å². The number of nitrogens with zero attached hydrogens (tertiary/aromatic N) is 1. The minimum absolute atomic E-state index is 0.0326. The third-order valence-corrected chi connectivity index (χ3v) is 7.19. The highest BCUT2D eigenvalue weighted by atomic mass is 32.2. The van der Waals surface area contributed by atoms with E-state index in [1.165, 1.54) is 29.3 Å². The summed E-state index contributed by atoms with van der Waals surface area (Å²) in [7, 11) is -4.31. The minimum Gasteiger partial charge on any atom is -0.378 e. The standard InChI is InChI=1S/C24H25FN2O2S/c1-17-13-14-21-20(15-17)24(2,3)16-22(26-21)19-11-7-8-12-23(19)27(25)30(28,29)18-9-5-4-6-10-18/h4-15,22,26H,16H2,1-3H3. The van der Waals surface area contributed by atoms with Crippen LogP contribution in [0.3, 0.4) is 0 Å². The second-order valence-electron chi connectivity index (χ2n) is 8.43. The summed E-state index contributed by atoms with van der Waals surface area (Å²) in [5, 5.41) is 3.49. The Morgan fingerprint density at radius 3 is 2.40 bits per heavy atom. The van der Waals surface area contributed by atoms with Crippen LogP contribution < -0.4 is 9.84 Å². The number of hydrogen-bond donors (Lipinski definition) is 1. The van der Waals surface area contributed by atoms with E-state index in [0.29, 0.717) is 12.0 Å². The average Bonchev–Trinajstić information content (AvgIpc) is 2.74. The lowest BCUT2D eigenvalue weighted by Gasteiger charge is -2.39. The SMILES string of the molecule is Cc1ccc2c(c1)C(C)(C)CC(c1ccccc1N(F)S(=O)(=O)c1ccccc1)N2. The highest BCUT2D eigenvalue weighted by Gasteiger charge is 2.36. The fourth-order valence-corrected chi connectivity index (χ4v) is 5.26. The zero-order chi connectivity index (χ0) is 21.5. The number of halogens is 1. The third kappa shape index (κ3) is 3.56. The van der Waals surface area contributed by atoms with Gasteiger partial charge in [0, 0.05) is 11.3 Å². The molecule has 1 aliphatic rings. The molecule has 6 heteroatoms. The van der Waals surface area contributed by atoms with Gasteiger partial charge in [0.1, 0.15) is 0 Å². The van der Waals surface area contributed by atoms with Gasteiger partial charge in [-0.2, -0.15) is 8.42 Å². The van der Waals surface area contributed by atoms with Crippen LogP contribution in [0, 0.1) is 6.92 Å². The molecule has 1 atom stereocenters. The number of aryl methyl sites for hydroxylation is 1. The van der Waals surface area contributed by atoms with Crippen LogP contribution in [-0.4, -0.2) is 8.42 Å². The summed E-state index contributed by atoms with van der Waals surface area (Å²) in [5.41, 5.74) is 3.89. The molecule has 0 saturated heterocycles. The van der Waals surface area contributed by atoms with Gasteiger partial charge in [0.25, 0.3) is 10.0 Å². The van der Waals surface area contributed by atoms with E-state index >= 15 is 4.48 Å². The maximum atomic E-state index is 15.4. The number of anilines is 2. The molecule has 0 bridgehead atoms. The Kier molecular flexibility index (Phi) is 5.06. The first kappa shape index (κ1) is 20.4. The van der Waals surface area contributed by atoms with Crippen molar-refractivity contribution in [3.05, 3.63) is 89.5 Å². The van der Waals surface area contributed by atoms with Crippen molar-refractivity contribution >= 4 is 21.4 Å². The van der Waals surface area contributed by atoms with Gasteiger partial charge in [-0.25, -0.2) is 0 Å². The molecule has 0 saturated carbocycles. The largest absolute Gasteiger partial charge is 0.378 e. The minimum atomic E-state index is -4.31. The van der Waals surface area contributed by atoms with Gasteiger partial charge in [-0.3, -0.25) is 0 Å². The van der Waals surface area contributed by atoms with Gasteiger partial charge in [0.15, 0.2) is 0 Å². The zero-order valence-electron chi connectivity index (χ0n) is 17.3. The Morgan fingerprint density at radius 1 is 1.00 bits per heavy atom. The second-order valence-corrected chi connectivity index (χ2v) is 10.2. The van der Waals surface area contributed by atoms with Crippen LogP contribution in [0.1, 0.15) is 43.0 Å². The summed E-state index contributed by atoms with van der Waals surface area (Å²) in [6, 6.07) is 20.4. The van der Waals surface area contributed by atoms with Gasteiger partial charge >= 0.3 is 0 Å². The van der Waals surface area contributed by atoms with E-state index in [9.17, 15) is 8.42 Å². The molecule has 3 aromatic carbocycles. The van der Waals surface area contributed by atoms with E-state index in [4.69, 9.17) is 0 Å². The lowest BCUT2D eigenvalue weighted by molar-refractivity contribution is 0.424. The van der Waals surface area contributed by atoms with Gasteiger partial charge in [-0.15, -0.1) is 0 Å². The van der Waals surface area contributed by atoms with Gasteiger partial charge in [0.05, 0.1) is 16.6 Å². The number of nitrogens with one attached hydrogen (secondary N) is 1. The summed E-state index contributed by atoms with van der Waals surface area (Å²) < 4.78 is 41.0. The van der Waals surface area contributed by atoms with Crippen molar-refractivity contribution in [1.29, 1.82) is 0 Å². The van der Waals surface area contributed by atoms with Crippen molar-refractivity contribution in [3.8, 4) is 0 Å². The van der Waals surface area contributed by atoms with Crippen LogP contribution >= 0.6 is 0 Å². The molecule has 0 amide bonds. The molecular weight excluding hydrogens is 399 g/mol. The first-order chi connectivity index (χ1) is 14.2. The van der Waals surface area contributed by atoms with Gasteiger partial charge in [0.2, 0.25) is 0 Å². The zero-order valence-corrected chi connectivity index (χ0v) is 18.1. The smallest absolute Gasteiger partial charge is 0.290 e. The summed E-state index contributed by atoms with van der Waals surface area (Å²) in [6.45, 7) is 6.39. The van der Waals surface area contributed by atoms with Crippen LogP contribution in [0.25, 0.3) is 0 Å². The van der Waals surface area contributed by atoms with Crippen LogP contribution in [0.4, 0.5) is 15.9 Å². The van der Waals surface area contributed by atoms with Crippen molar-refractivity contribution in [3.63, 3.8) is 0 Å². The lowest BCUT2D eigenvalue weighted by Crippen LogP contribution is -2.32. The van der Waals surface area contributed by atoms with Gasteiger partial charge in [-0.1, -0.05) is 77.0 Å². The maximum absolute atomic E-state index is 15.4. The quantitative estimate of drug-likeness (QED) is 0.530. The molecule has 1 N–H and O–H groups in total. The summed E-state index contributed by atoms with van der Waals surface area (Å²) in [4.78, 5) is -0.0833. The average molecular weight is 425 g/mol. The molecule has 1 heterocycles. The monoisotopic (exact) mass is 424 g/mol. The fourth-order valence-electron chi connectivity index (χ4n) is 4.15. The molecule has 0 radical (unpaired) electrons. The number of sulfonamides is 1. The number of para-hydroxylation sites is 1. The number of rotatable bonds is 4. The molecule has 30 heavy (non-hydrogen) atoms. The number of benzene rings is 3. The van der Waals surface area contributed by atoms with Crippen LogP contribution in [0.15, 0.2) is 77.7 Å². The van der Waals surface area contributed by atoms with Crippen LogP contribution in [0.5, 0.6) is 0 Å². The Hall–Kier alpha value is -2.86. The molecule has 0 aromatic heterocycles. The molecule has 1 unspecified atom stereocenters. The highest BCUT2D eigenvalue weighted by molar-refractivity contribution is 7.92. The van der Waals surface area contributed by atoms with Gasteiger partial charge in [-0.05, 0) is 48.6 Å². The molecule has 156 valence electrons. The second kappa shape index (κ2) is 7.43. The van der Waals surface area contributed by atoms with E-state index in [1.54, 1.807) is 36.4 Å². The highest BCUT2D eigenvalue weighted by Crippen LogP contribution is 2.46. The van der Waals surface area contributed by atoms with Crippen molar-refractivity contribution in [2.24, 2.45) is 0 Å². The molecule has 4 nitrogen and oxygen atoms in total. The van der Waals surface area contributed by atoms with E-state index in [1.807, 2.05) is 12.1 Å². The first-order valence-corrected chi connectivity index (χ1v) is 11.4. The van der Waals surface area contributed by atoms with Crippen molar-refractivity contribution in [1.82, 2.24) is 0 Å². The lowest BCUT2D eigenvalue weighted by atomic mass is 9.73. The normalized spacial score (nSPS) is 17.7. The maximum Gasteiger partial charge on any atom is 0.290 e. The van der Waals surface area contributed by atoms with Gasteiger partial charge < -0.3 is 5.32 Å².